The summed E-state index contributed by atoms with van der Waals surface area (Å²) in [6.07, 6.45) is -1.32. The van der Waals surface area contributed by atoms with Crippen molar-refractivity contribution in [3.8, 4) is 11.8 Å². The van der Waals surface area contributed by atoms with E-state index < -0.39 is 59.7 Å². The minimum absolute atomic E-state index is 0.0279. The first-order valence-corrected chi connectivity index (χ1v) is 16.3. The van der Waals surface area contributed by atoms with Gasteiger partial charge in [0.15, 0.2) is 0 Å². The van der Waals surface area contributed by atoms with Gasteiger partial charge < -0.3 is 34.3 Å². The molecular formula is C35H46ClFN4O8. The lowest BCUT2D eigenvalue weighted by molar-refractivity contribution is -0.118. The predicted molar refractivity (Wildman–Crippen MR) is 181 cm³/mol. The van der Waals surface area contributed by atoms with Crippen LogP contribution in [0.15, 0.2) is 36.4 Å². The Kier molecular flexibility index (Phi) is 13.8. The number of amides is 1. The topological polar surface area (TPSA) is 157 Å². The number of nitrogens with zero attached hydrogens (tertiary/aromatic N) is 1. The Bertz CT molecular complexity index is 1530. The zero-order valence-electron chi connectivity index (χ0n) is 29.1. The highest BCUT2D eigenvalue weighted by molar-refractivity contribution is 6.30. The van der Waals surface area contributed by atoms with Crippen LogP contribution >= 0.6 is 11.6 Å². The van der Waals surface area contributed by atoms with E-state index in [4.69, 9.17) is 35.3 Å². The number of nitriles is 1. The largest absolute Gasteiger partial charge is 0.511 e. The number of esters is 1. The molecule has 4 unspecified atom stereocenters. The van der Waals surface area contributed by atoms with E-state index >= 15 is 4.39 Å². The molecule has 2 aromatic rings. The van der Waals surface area contributed by atoms with Crippen molar-refractivity contribution in [1.29, 1.82) is 5.26 Å². The van der Waals surface area contributed by atoms with Gasteiger partial charge in [-0.25, -0.2) is 14.0 Å². The van der Waals surface area contributed by atoms with Crippen LogP contribution in [0, 0.1) is 28.5 Å². The first-order valence-electron chi connectivity index (χ1n) is 15.9. The van der Waals surface area contributed by atoms with Gasteiger partial charge in [0, 0.05) is 25.3 Å². The first kappa shape index (κ1) is 39.5. The highest BCUT2D eigenvalue weighted by atomic mass is 35.5. The average molecular weight is 705 g/mol. The van der Waals surface area contributed by atoms with Gasteiger partial charge >= 0.3 is 12.1 Å². The SMILES string of the molecule is CNCOC(C)(C)CCOC(=O)OC(C)OC(=O)c1ccc(NC(=O)[C@@H]2NC(CC(C)(C)C)C(C#N)C2c2cccc(Cl)c2F)c(OC)c1. The molecule has 1 amide bonds. The zero-order valence-corrected chi connectivity index (χ0v) is 29.9. The van der Waals surface area contributed by atoms with E-state index in [0.29, 0.717) is 19.6 Å². The van der Waals surface area contributed by atoms with Gasteiger partial charge in [0.2, 0.25) is 12.2 Å². The van der Waals surface area contributed by atoms with E-state index in [2.05, 4.69) is 22.0 Å². The summed E-state index contributed by atoms with van der Waals surface area (Å²) in [6.45, 7) is 11.5. The summed E-state index contributed by atoms with van der Waals surface area (Å²) in [5.41, 5.74) is -0.294. The molecule has 2 aromatic carbocycles. The number of ether oxygens (including phenoxy) is 5. The lowest BCUT2D eigenvalue weighted by Gasteiger charge is -2.25. The molecule has 12 nitrogen and oxygen atoms in total. The number of rotatable bonds is 14. The van der Waals surface area contributed by atoms with Gasteiger partial charge in [-0.3, -0.25) is 10.1 Å². The van der Waals surface area contributed by atoms with E-state index in [-0.39, 0.29) is 39.6 Å². The number of carbonyl (C=O) groups is 3. The summed E-state index contributed by atoms with van der Waals surface area (Å²) in [6, 6.07) is 9.62. The van der Waals surface area contributed by atoms with E-state index in [1.807, 2.05) is 34.6 Å². The van der Waals surface area contributed by atoms with Crippen LogP contribution in [0.25, 0.3) is 0 Å². The van der Waals surface area contributed by atoms with Gasteiger partial charge in [0.25, 0.3) is 0 Å². The molecule has 0 bridgehead atoms. The first-order chi connectivity index (χ1) is 23.0. The van der Waals surface area contributed by atoms with E-state index in [0.717, 1.165) is 0 Å². The van der Waals surface area contributed by atoms with Crippen LogP contribution in [0.4, 0.5) is 14.9 Å². The highest BCUT2D eigenvalue weighted by Crippen LogP contribution is 2.42. The third-order valence-electron chi connectivity index (χ3n) is 7.94. The van der Waals surface area contributed by atoms with Gasteiger partial charge in [-0.05, 0) is 62.6 Å². The maximum absolute atomic E-state index is 15.3. The number of anilines is 1. The third kappa shape index (κ3) is 11.0. The molecule has 0 spiro atoms. The predicted octanol–water partition coefficient (Wildman–Crippen LogP) is 6.14. The van der Waals surface area contributed by atoms with Crippen molar-refractivity contribution in [3.05, 3.63) is 58.4 Å². The molecule has 49 heavy (non-hydrogen) atoms. The Labute approximate surface area is 291 Å². The van der Waals surface area contributed by atoms with Crippen LogP contribution in [0.5, 0.6) is 5.75 Å². The molecule has 1 heterocycles. The van der Waals surface area contributed by atoms with Crippen molar-refractivity contribution < 1.29 is 42.5 Å². The standard InChI is InChI=1S/C35H46ClFN4O8/c1-20(49-33(44)46-15-14-35(5,6)47-19-39-7)48-32(43)21-12-13-25(27(16-21)45-8)41-31(42)30-28(22-10-9-11-24(36)29(22)37)23(18-38)26(40-30)17-34(2,3)4/h9-13,16,20,23,26,28,30,39-40H,14-15,17,19H2,1-8H3,(H,41,42)/t20?,23?,26?,28?,30-/m1/s1. The maximum atomic E-state index is 15.3. The fraction of sp³-hybridized carbons (Fsp3) is 0.543. The van der Waals surface area contributed by atoms with Gasteiger partial charge in [0.05, 0.1) is 60.4 Å². The summed E-state index contributed by atoms with van der Waals surface area (Å²) in [5.74, 6) is -3.49. The minimum atomic E-state index is -1.27. The van der Waals surface area contributed by atoms with Crippen molar-refractivity contribution >= 4 is 35.3 Å². The van der Waals surface area contributed by atoms with Gasteiger partial charge in [0.1, 0.15) is 11.6 Å². The molecule has 1 aliphatic rings. The molecule has 0 radical (unpaired) electrons. The Morgan fingerprint density at radius 1 is 1.12 bits per heavy atom. The fourth-order valence-electron chi connectivity index (χ4n) is 5.57. The summed E-state index contributed by atoms with van der Waals surface area (Å²) in [5, 5.41) is 19.0. The van der Waals surface area contributed by atoms with Crippen molar-refractivity contribution in [2.24, 2.45) is 11.3 Å². The number of hydrogen-bond donors (Lipinski definition) is 3. The molecule has 14 heteroatoms. The molecule has 0 aromatic heterocycles. The van der Waals surface area contributed by atoms with Gasteiger partial charge in [-0.1, -0.05) is 44.5 Å². The molecule has 268 valence electrons. The van der Waals surface area contributed by atoms with E-state index in [1.54, 1.807) is 13.1 Å². The van der Waals surface area contributed by atoms with E-state index in [9.17, 15) is 19.6 Å². The molecule has 0 saturated carbocycles. The smallest absolute Gasteiger partial charge is 0.495 e. The Morgan fingerprint density at radius 3 is 2.47 bits per heavy atom. The summed E-state index contributed by atoms with van der Waals surface area (Å²) in [4.78, 5) is 38.8. The molecule has 1 aliphatic heterocycles. The van der Waals surface area contributed by atoms with Crippen molar-refractivity contribution in [3.63, 3.8) is 0 Å². The lowest BCUT2D eigenvalue weighted by Crippen LogP contribution is -2.42. The minimum Gasteiger partial charge on any atom is -0.495 e. The number of benzene rings is 2. The second-order valence-electron chi connectivity index (χ2n) is 13.6. The molecule has 0 aliphatic carbocycles. The number of nitrogens with one attached hydrogen (secondary N) is 3. The normalized spacial score (nSPS) is 19.8. The number of halogens is 2. The highest BCUT2D eigenvalue weighted by Gasteiger charge is 2.49. The van der Waals surface area contributed by atoms with E-state index in [1.165, 1.54) is 44.4 Å². The lowest BCUT2D eigenvalue weighted by atomic mass is 9.77. The summed E-state index contributed by atoms with van der Waals surface area (Å²) < 4.78 is 41.7. The Morgan fingerprint density at radius 2 is 1.84 bits per heavy atom. The van der Waals surface area contributed by atoms with Crippen molar-refractivity contribution in [2.75, 3.05) is 32.8 Å². The van der Waals surface area contributed by atoms with Crippen LogP contribution in [0.2, 0.25) is 5.02 Å². The maximum Gasteiger partial charge on any atom is 0.511 e. The molecule has 1 fully saturated rings. The average Bonchev–Trinajstić information content (AvgIpc) is 3.37. The third-order valence-corrected chi connectivity index (χ3v) is 8.23. The van der Waals surface area contributed by atoms with Gasteiger partial charge in [-0.15, -0.1) is 0 Å². The number of carbonyl (C=O) groups excluding carboxylic acids is 3. The number of methoxy groups -OCH3 is 1. The summed E-state index contributed by atoms with van der Waals surface area (Å²) >= 11 is 6.10. The zero-order chi connectivity index (χ0) is 36.5. The molecule has 5 atom stereocenters. The molecule has 3 N–H and O–H groups in total. The molecule has 3 rings (SSSR count). The quantitative estimate of drug-likeness (QED) is 0.153. The van der Waals surface area contributed by atoms with Crippen LogP contribution in [-0.2, 0) is 23.7 Å². The van der Waals surface area contributed by atoms with Crippen LogP contribution < -0.4 is 20.7 Å². The monoisotopic (exact) mass is 704 g/mol. The molecule has 1 saturated heterocycles. The van der Waals surface area contributed by atoms with Crippen molar-refractivity contribution in [1.82, 2.24) is 10.6 Å². The van der Waals surface area contributed by atoms with Gasteiger partial charge in [-0.2, -0.15) is 5.26 Å². The van der Waals surface area contributed by atoms with Crippen LogP contribution in [0.1, 0.15) is 76.2 Å². The summed E-state index contributed by atoms with van der Waals surface area (Å²) in [7, 11) is 3.11. The second-order valence-corrected chi connectivity index (χ2v) is 14.0. The Balaban J connectivity index is 1.71. The van der Waals surface area contributed by atoms with Crippen LogP contribution in [0.3, 0.4) is 0 Å². The number of hydrogen-bond acceptors (Lipinski definition) is 11. The van der Waals surface area contributed by atoms with Crippen molar-refractivity contribution in [2.45, 2.75) is 84.3 Å². The second kappa shape index (κ2) is 17.1. The molecular weight excluding hydrogens is 659 g/mol. The fourth-order valence-corrected chi connectivity index (χ4v) is 5.75. The van der Waals surface area contributed by atoms with Crippen LogP contribution in [-0.4, -0.2) is 69.5 Å². The Hall–Kier alpha value is -3.96.